The summed E-state index contributed by atoms with van der Waals surface area (Å²) in [7, 11) is 0. The van der Waals surface area contributed by atoms with Crippen LogP contribution in [0.5, 0.6) is 0 Å². The molecule has 0 bridgehead atoms. The highest BCUT2D eigenvalue weighted by Gasteiger charge is 2.18. The summed E-state index contributed by atoms with van der Waals surface area (Å²) in [5.41, 5.74) is 0. The van der Waals surface area contributed by atoms with E-state index in [1.54, 1.807) is 13.8 Å². The molecular formula is C8H13N3O3S. The number of hydrogen-bond acceptors (Lipinski definition) is 5. The molecule has 1 aromatic rings. The lowest BCUT2D eigenvalue weighted by molar-refractivity contribution is -0.148. The van der Waals surface area contributed by atoms with E-state index in [9.17, 15) is 4.79 Å². The van der Waals surface area contributed by atoms with Gasteiger partial charge in [0.25, 0.3) is 0 Å². The summed E-state index contributed by atoms with van der Waals surface area (Å²) in [6, 6.07) is 0. The van der Waals surface area contributed by atoms with Gasteiger partial charge in [-0.05, 0) is 13.8 Å². The molecule has 1 unspecified atom stereocenters. The number of nitrogens with zero attached hydrogens (tertiary/aromatic N) is 2. The van der Waals surface area contributed by atoms with Gasteiger partial charge in [0, 0.05) is 12.4 Å². The Hall–Kier alpha value is -1.08. The zero-order valence-electron chi connectivity index (χ0n) is 8.56. The van der Waals surface area contributed by atoms with Crippen LogP contribution in [-0.2, 0) is 9.53 Å². The number of rotatable bonds is 6. The van der Waals surface area contributed by atoms with Crippen LogP contribution in [0.1, 0.15) is 12.7 Å². The van der Waals surface area contributed by atoms with Gasteiger partial charge in [-0.15, -0.1) is 5.10 Å². The SMILES string of the molecule is CCOC(CSc1n[nH]c(C)n1)C(=O)O. The number of carboxylic acid groups (broad SMARTS) is 1. The van der Waals surface area contributed by atoms with Crippen molar-refractivity contribution in [2.75, 3.05) is 12.4 Å². The maximum atomic E-state index is 10.7. The Labute approximate surface area is 91.4 Å². The summed E-state index contributed by atoms with van der Waals surface area (Å²) < 4.78 is 5.05. The first kappa shape index (κ1) is 12.0. The minimum absolute atomic E-state index is 0.306. The standard InChI is InChI=1S/C8H13N3O3S/c1-3-14-6(7(12)13)4-15-8-9-5(2)10-11-8/h6H,3-4H2,1-2H3,(H,12,13)(H,9,10,11). The van der Waals surface area contributed by atoms with E-state index in [4.69, 9.17) is 9.84 Å². The van der Waals surface area contributed by atoms with Crippen LogP contribution in [0.15, 0.2) is 5.16 Å². The summed E-state index contributed by atoms with van der Waals surface area (Å²) in [5.74, 6) is 0.0536. The quantitative estimate of drug-likeness (QED) is 0.700. The van der Waals surface area contributed by atoms with Gasteiger partial charge >= 0.3 is 5.97 Å². The summed E-state index contributed by atoms with van der Waals surface area (Å²) in [6.45, 7) is 3.93. The number of carbonyl (C=O) groups is 1. The van der Waals surface area contributed by atoms with E-state index in [2.05, 4.69) is 15.2 Å². The van der Waals surface area contributed by atoms with Crippen molar-refractivity contribution in [2.45, 2.75) is 25.1 Å². The molecule has 0 radical (unpaired) electrons. The maximum Gasteiger partial charge on any atom is 0.333 e. The van der Waals surface area contributed by atoms with Crippen LogP contribution in [-0.4, -0.2) is 44.7 Å². The van der Waals surface area contributed by atoms with E-state index in [1.165, 1.54) is 11.8 Å². The van der Waals surface area contributed by atoms with E-state index >= 15 is 0 Å². The van der Waals surface area contributed by atoms with Gasteiger partial charge in [-0.1, -0.05) is 11.8 Å². The third-order valence-corrected chi connectivity index (χ3v) is 2.49. The average Bonchev–Trinajstić information content (AvgIpc) is 2.58. The molecule has 1 atom stereocenters. The van der Waals surface area contributed by atoms with E-state index in [1.807, 2.05) is 0 Å². The predicted octanol–water partition coefficient (Wildman–Crippen LogP) is 0.695. The highest BCUT2D eigenvalue weighted by molar-refractivity contribution is 7.99. The average molecular weight is 231 g/mol. The van der Waals surface area contributed by atoms with Crippen molar-refractivity contribution in [1.82, 2.24) is 15.2 Å². The van der Waals surface area contributed by atoms with Crippen LogP contribution in [0, 0.1) is 6.92 Å². The fraction of sp³-hybridized carbons (Fsp3) is 0.625. The van der Waals surface area contributed by atoms with Crippen molar-refractivity contribution < 1.29 is 14.6 Å². The van der Waals surface area contributed by atoms with Gasteiger partial charge in [-0.25, -0.2) is 9.78 Å². The number of aromatic amines is 1. The number of hydrogen-bond donors (Lipinski definition) is 2. The first-order valence-electron chi connectivity index (χ1n) is 4.49. The first-order valence-corrected chi connectivity index (χ1v) is 5.48. The summed E-state index contributed by atoms with van der Waals surface area (Å²) in [6.07, 6.45) is -0.807. The molecule has 7 heteroatoms. The minimum atomic E-state index is -0.961. The van der Waals surface area contributed by atoms with Crippen molar-refractivity contribution in [2.24, 2.45) is 0 Å². The molecule has 0 aliphatic rings. The van der Waals surface area contributed by atoms with Gasteiger partial charge in [-0.2, -0.15) is 0 Å². The molecule has 0 spiro atoms. The Morgan fingerprint density at radius 3 is 2.93 bits per heavy atom. The van der Waals surface area contributed by atoms with Gasteiger partial charge in [0.15, 0.2) is 6.10 Å². The molecule has 0 saturated carbocycles. The molecule has 1 heterocycles. The Morgan fingerprint density at radius 2 is 2.47 bits per heavy atom. The molecule has 0 saturated heterocycles. The monoisotopic (exact) mass is 231 g/mol. The molecule has 0 aliphatic carbocycles. The smallest absolute Gasteiger partial charge is 0.333 e. The Balaban J connectivity index is 2.43. The molecule has 0 aliphatic heterocycles. The molecule has 2 N–H and O–H groups in total. The number of aromatic nitrogens is 3. The van der Waals surface area contributed by atoms with Crippen molar-refractivity contribution in [1.29, 1.82) is 0 Å². The van der Waals surface area contributed by atoms with E-state index in [0.717, 1.165) is 0 Å². The second-order valence-corrected chi connectivity index (χ2v) is 3.78. The Bertz CT molecular complexity index is 329. The number of H-pyrrole nitrogens is 1. The Kier molecular flexibility index (Phi) is 4.57. The lowest BCUT2D eigenvalue weighted by atomic mass is 10.4. The van der Waals surface area contributed by atoms with Crippen LogP contribution < -0.4 is 0 Å². The third kappa shape index (κ3) is 3.88. The largest absolute Gasteiger partial charge is 0.479 e. The Morgan fingerprint density at radius 1 is 1.73 bits per heavy atom. The number of aryl methyl sites for hydroxylation is 1. The predicted molar refractivity (Wildman–Crippen MR) is 54.9 cm³/mol. The van der Waals surface area contributed by atoms with Crippen molar-refractivity contribution >= 4 is 17.7 Å². The van der Waals surface area contributed by atoms with Crippen LogP contribution in [0.25, 0.3) is 0 Å². The lowest BCUT2D eigenvalue weighted by Gasteiger charge is -2.09. The molecule has 1 rings (SSSR count). The van der Waals surface area contributed by atoms with Crippen molar-refractivity contribution in [3.05, 3.63) is 5.82 Å². The number of carboxylic acids is 1. The lowest BCUT2D eigenvalue weighted by Crippen LogP contribution is -2.26. The van der Waals surface area contributed by atoms with Gasteiger partial charge < -0.3 is 9.84 Å². The zero-order valence-corrected chi connectivity index (χ0v) is 9.37. The molecule has 0 fully saturated rings. The van der Waals surface area contributed by atoms with Gasteiger partial charge in [0.2, 0.25) is 5.16 Å². The third-order valence-electron chi connectivity index (χ3n) is 1.58. The highest BCUT2D eigenvalue weighted by atomic mass is 32.2. The van der Waals surface area contributed by atoms with Crippen molar-refractivity contribution in [3.63, 3.8) is 0 Å². The maximum absolute atomic E-state index is 10.7. The number of ether oxygens (including phenoxy) is 1. The summed E-state index contributed by atoms with van der Waals surface area (Å²) in [5, 5.41) is 15.9. The normalized spacial score (nSPS) is 12.7. The van der Waals surface area contributed by atoms with Gasteiger partial charge in [0.05, 0.1) is 0 Å². The molecule has 0 amide bonds. The second-order valence-electron chi connectivity index (χ2n) is 2.80. The topological polar surface area (TPSA) is 88.1 Å². The van der Waals surface area contributed by atoms with Crippen molar-refractivity contribution in [3.8, 4) is 0 Å². The van der Waals surface area contributed by atoms with Crippen LogP contribution in [0.2, 0.25) is 0 Å². The fourth-order valence-electron chi connectivity index (χ4n) is 0.929. The van der Waals surface area contributed by atoms with Crippen LogP contribution in [0.3, 0.4) is 0 Å². The van der Waals surface area contributed by atoms with Gasteiger partial charge in [-0.3, -0.25) is 5.10 Å². The number of thioether (sulfide) groups is 1. The molecule has 15 heavy (non-hydrogen) atoms. The van der Waals surface area contributed by atoms with Gasteiger partial charge in [0.1, 0.15) is 5.82 Å². The van der Waals surface area contributed by atoms with Crippen LogP contribution >= 0.6 is 11.8 Å². The zero-order chi connectivity index (χ0) is 11.3. The van der Waals surface area contributed by atoms with E-state index in [-0.39, 0.29) is 0 Å². The number of aliphatic carboxylic acids is 1. The summed E-state index contributed by atoms with van der Waals surface area (Å²) >= 11 is 1.26. The molecule has 84 valence electrons. The molecule has 6 nitrogen and oxygen atoms in total. The minimum Gasteiger partial charge on any atom is -0.479 e. The van der Waals surface area contributed by atoms with Crippen LogP contribution in [0.4, 0.5) is 0 Å². The molecule has 1 aromatic heterocycles. The van der Waals surface area contributed by atoms with E-state index < -0.39 is 12.1 Å². The summed E-state index contributed by atoms with van der Waals surface area (Å²) in [4.78, 5) is 14.8. The fourth-order valence-corrected chi connectivity index (χ4v) is 1.78. The van der Waals surface area contributed by atoms with E-state index in [0.29, 0.717) is 23.3 Å². The molecular weight excluding hydrogens is 218 g/mol. The first-order chi connectivity index (χ1) is 7.13. The molecule has 0 aromatic carbocycles. The second kappa shape index (κ2) is 5.72. The highest BCUT2D eigenvalue weighted by Crippen LogP contribution is 2.14. The number of nitrogens with one attached hydrogen (secondary N) is 1.